The molecular weight excluding hydrogens is 200 g/mol. The van der Waals surface area contributed by atoms with Gasteiger partial charge in [0.15, 0.2) is 0 Å². The van der Waals surface area contributed by atoms with Gasteiger partial charge in [0.2, 0.25) is 0 Å². The average molecular weight is 230 g/mol. The zero-order valence-corrected chi connectivity index (χ0v) is 11.7. The van der Waals surface area contributed by atoms with E-state index in [1.807, 2.05) is 0 Å². The summed E-state index contributed by atoms with van der Waals surface area (Å²) < 4.78 is 6.02. The molecule has 0 spiro atoms. The van der Waals surface area contributed by atoms with Gasteiger partial charge < -0.3 is 4.74 Å². The van der Waals surface area contributed by atoms with Crippen LogP contribution in [0.2, 0.25) is 0 Å². The second kappa shape index (κ2) is 8.04. The van der Waals surface area contributed by atoms with Crippen molar-refractivity contribution in [3.8, 4) is 0 Å². The highest BCUT2D eigenvalue weighted by molar-refractivity contribution is 4.94. The van der Waals surface area contributed by atoms with Gasteiger partial charge in [-0.05, 0) is 25.7 Å². The van der Waals surface area contributed by atoms with Crippen LogP contribution in [-0.4, -0.2) is 18.2 Å². The number of ether oxygens (including phenoxy) is 1. The Hall–Kier alpha value is -0.120. The summed E-state index contributed by atoms with van der Waals surface area (Å²) in [5.74, 6) is 6.34. The molecule has 0 rings (SSSR count). The maximum Gasteiger partial charge on any atom is 0.0845 e. The maximum absolute atomic E-state index is 6.02. The molecule has 0 amide bonds. The molecule has 0 aliphatic rings. The Bertz CT molecular complexity index is 165. The molecule has 3 nitrogen and oxygen atoms in total. The summed E-state index contributed by atoms with van der Waals surface area (Å²) in [6.45, 7) is 11.6. The molecule has 0 radical (unpaired) electrons. The van der Waals surface area contributed by atoms with Gasteiger partial charge in [-0.2, -0.15) is 0 Å². The fourth-order valence-corrected chi connectivity index (χ4v) is 2.75. The average Bonchev–Trinajstić information content (AvgIpc) is 2.33. The standard InChI is InChI=1S/C13H30N2O/c1-6-11(7-2)12(15-14)13(8-3,9-4)16-10-5/h11-12,15H,6-10,14H2,1-5H3. The quantitative estimate of drug-likeness (QED) is 0.473. The van der Waals surface area contributed by atoms with Gasteiger partial charge in [0.25, 0.3) is 0 Å². The van der Waals surface area contributed by atoms with Gasteiger partial charge in [-0.15, -0.1) is 0 Å². The summed E-state index contributed by atoms with van der Waals surface area (Å²) in [6, 6.07) is 0.248. The molecule has 0 bridgehead atoms. The Kier molecular flexibility index (Phi) is 7.98. The van der Waals surface area contributed by atoms with Gasteiger partial charge in [0, 0.05) is 6.61 Å². The van der Waals surface area contributed by atoms with Crippen LogP contribution in [0.25, 0.3) is 0 Å². The van der Waals surface area contributed by atoms with Crippen LogP contribution in [0.15, 0.2) is 0 Å². The van der Waals surface area contributed by atoms with Crippen LogP contribution in [-0.2, 0) is 4.74 Å². The highest BCUT2D eigenvalue weighted by atomic mass is 16.5. The molecule has 1 atom stereocenters. The van der Waals surface area contributed by atoms with E-state index in [0.29, 0.717) is 5.92 Å². The molecule has 1 unspecified atom stereocenters. The second-order valence-electron chi connectivity index (χ2n) is 4.43. The number of hydrazine groups is 1. The van der Waals surface area contributed by atoms with Gasteiger partial charge >= 0.3 is 0 Å². The van der Waals surface area contributed by atoms with Crippen molar-refractivity contribution in [3.63, 3.8) is 0 Å². The van der Waals surface area contributed by atoms with E-state index < -0.39 is 0 Å². The van der Waals surface area contributed by atoms with E-state index in [-0.39, 0.29) is 11.6 Å². The van der Waals surface area contributed by atoms with E-state index >= 15 is 0 Å². The first kappa shape index (κ1) is 15.9. The Morgan fingerprint density at radius 2 is 1.56 bits per heavy atom. The van der Waals surface area contributed by atoms with Crippen LogP contribution in [0.3, 0.4) is 0 Å². The van der Waals surface area contributed by atoms with Crippen LogP contribution >= 0.6 is 0 Å². The Morgan fingerprint density at radius 3 is 1.81 bits per heavy atom. The molecule has 16 heavy (non-hydrogen) atoms. The molecule has 0 fully saturated rings. The van der Waals surface area contributed by atoms with E-state index in [2.05, 4.69) is 40.0 Å². The van der Waals surface area contributed by atoms with Gasteiger partial charge in [0.05, 0.1) is 11.6 Å². The van der Waals surface area contributed by atoms with Crippen molar-refractivity contribution < 1.29 is 4.74 Å². The fourth-order valence-electron chi connectivity index (χ4n) is 2.75. The van der Waals surface area contributed by atoms with Crippen LogP contribution in [0.5, 0.6) is 0 Å². The van der Waals surface area contributed by atoms with Crippen LogP contribution in [0.4, 0.5) is 0 Å². The Balaban J connectivity index is 4.94. The second-order valence-corrected chi connectivity index (χ2v) is 4.43. The number of nitrogens with two attached hydrogens (primary N) is 1. The SMILES string of the molecule is CCOC(CC)(CC)C(NN)C(CC)CC. The molecule has 0 heterocycles. The highest BCUT2D eigenvalue weighted by Gasteiger charge is 2.39. The lowest BCUT2D eigenvalue weighted by atomic mass is 9.78. The summed E-state index contributed by atoms with van der Waals surface area (Å²) in [4.78, 5) is 0. The van der Waals surface area contributed by atoms with Crippen molar-refractivity contribution in [2.45, 2.75) is 71.9 Å². The first-order valence-corrected chi connectivity index (χ1v) is 6.75. The van der Waals surface area contributed by atoms with Crippen molar-refractivity contribution in [2.24, 2.45) is 11.8 Å². The molecule has 0 aliphatic carbocycles. The molecule has 0 aromatic rings. The van der Waals surface area contributed by atoms with Crippen LogP contribution in [0.1, 0.15) is 60.3 Å². The lowest BCUT2D eigenvalue weighted by Gasteiger charge is -2.42. The van der Waals surface area contributed by atoms with Crippen molar-refractivity contribution in [1.82, 2.24) is 5.43 Å². The van der Waals surface area contributed by atoms with E-state index in [0.717, 1.165) is 32.3 Å². The minimum absolute atomic E-state index is 0.111. The molecule has 0 aliphatic heterocycles. The smallest absolute Gasteiger partial charge is 0.0845 e. The van der Waals surface area contributed by atoms with Crippen molar-refractivity contribution in [3.05, 3.63) is 0 Å². The lowest BCUT2D eigenvalue weighted by Crippen LogP contribution is -2.58. The van der Waals surface area contributed by atoms with E-state index in [4.69, 9.17) is 10.6 Å². The third-order valence-electron chi connectivity index (χ3n) is 3.90. The van der Waals surface area contributed by atoms with Gasteiger partial charge in [0.1, 0.15) is 0 Å². The number of rotatable bonds is 9. The van der Waals surface area contributed by atoms with E-state index in [1.54, 1.807) is 0 Å². The molecule has 3 heteroatoms. The first-order chi connectivity index (χ1) is 7.65. The van der Waals surface area contributed by atoms with Gasteiger partial charge in [-0.25, -0.2) is 0 Å². The van der Waals surface area contributed by atoms with Crippen LogP contribution < -0.4 is 11.3 Å². The van der Waals surface area contributed by atoms with E-state index in [9.17, 15) is 0 Å². The minimum atomic E-state index is -0.111. The molecule has 98 valence electrons. The predicted molar refractivity (Wildman–Crippen MR) is 70.1 cm³/mol. The third-order valence-corrected chi connectivity index (χ3v) is 3.90. The highest BCUT2D eigenvalue weighted by Crippen LogP contribution is 2.31. The summed E-state index contributed by atoms with van der Waals surface area (Å²) in [5, 5.41) is 0. The topological polar surface area (TPSA) is 47.3 Å². The predicted octanol–water partition coefficient (Wildman–Crippen LogP) is 2.85. The minimum Gasteiger partial charge on any atom is -0.374 e. The third kappa shape index (κ3) is 3.44. The van der Waals surface area contributed by atoms with Gasteiger partial charge in [-0.3, -0.25) is 11.3 Å². The Morgan fingerprint density at radius 1 is 1.06 bits per heavy atom. The van der Waals surface area contributed by atoms with Crippen LogP contribution in [0, 0.1) is 5.92 Å². The number of nitrogens with one attached hydrogen (secondary N) is 1. The first-order valence-electron chi connectivity index (χ1n) is 6.75. The molecular formula is C13H30N2O. The summed E-state index contributed by atoms with van der Waals surface area (Å²) >= 11 is 0. The molecule has 0 aromatic heterocycles. The summed E-state index contributed by atoms with van der Waals surface area (Å²) in [6.07, 6.45) is 4.28. The zero-order valence-electron chi connectivity index (χ0n) is 11.7. The molecule has 3 N–H and O–H groups in total. The zero-order chi connectivity index (χ0) is 12.6. The van der Waals surface area contributed by atoms with Crippen molar-refractivity contribution >= 4 is 0 Å². The van der Waals surface area contributed by atoms with Crippen molar-refractivity contribution in [1.29, 1.82) is 0 Å². The molecule has 0 saturated carbocycles. The van der Waals surface area contributed by atoms with E-state index in [1.165, 1.54) is 0 Å². The number of hydrogen-bond donors (Lipinski definition) is 2. The monoisotopic (exact) mass is 230 g/mol. The molecule has 0 saturated heterocycles. The number of hydrogen-bond acceptors (Lipinski definition) is 3. The lowest BCUT2D eigenvalue weighted by molar-refractivity contribution is -0.0864. The van der Waals surface area contributed by atoms with Crippen molar-refractivity contribution in [2.75, 3.05) is 6.61 Å². The maximum atomic E-state index is 6.02. The van der Waals surface area contributed by atoms with Gasteiger partial charge in [-0.1, -0.05) is 40.5 Å². The summed E-state index contributed by atoms with van der Waals surface area (Å²) in [7, 11) is 0. The molecule has 0 aromatic carbocycles. The summed E-state index contributed by atoms with van der Waals surface area (Å²) in [5.41, 5.74) is 2.90. The normalized spacial score (nSPS) is 14.4. The Labute approximate surface area is 101 Å². The largest absolute Gasteiger partial charge is 0.374 e. The fraction of sp³-hybridized carbons (Fsp3) is 1.00.